The Morgan fingerprint density at radius 3 is 2.55 bits per heavy atom. The van der Waals surface area contributed by atoms with Crippen molar-refractivity contribution in [3.05, 3.63) is 18.2 Å². The molecule has 3 rings (SSSR count). The molecule has 1 amide bonds. The molecule has 2 aliphatic heterocycles. The second-order valence-electron chi connectivity index (χ2n) is 10.2. The van der Waals surface area contributed by atoms with Crippen LogP contribution in [0.5, 0.6) is 11.5 Å². The third-order valence-electron chi connectivity index (χ3n) is 6.47. The van der Waals surface area contributed by atoms with Crippen LogP contribution < -0.4 is 19.5 Å². The van der Waals surface area contributed by atoms with Gasteiger partial charge in [0.15, 0.2) is 11.5 Å². The zero-order valence-electron chi connectivity index (χ0n) is 20.5. The van der Waals surface area contributed by atoms with Crippen molar-refractivity contribution in [1.82, 2.24) is 14.9 Å². The molecular formula is C24H39N3O5S. The lowest BCUT2D eigenvalue weighted by Crippen LogP contribution is -2.57. The van der Waals surface area contributed by atoms with Gasteiger partial charge in [-0.15, -0.1) is 0 Å². The number of amides is 1. The maximum Gasteiger partial charge on any atom is 0.241 e. The molecule has 8 nitrogen and oxygen atoms in total. The summed E-state index contributed by atoms with van der Waals surface area (Å²) < 4.78 is 40.0. The molecule has 0 bridgehead atoms. The van der Waals surface area contributed by atoms with E-state index < -0.39 is 16.1 Å². The van der Waals surface area contributed by atoms with E-state index in [1.807, 2.05) is 13.8 Å². The van der Waals surface area contributed by atoms with Crippen molar-refractivity contribution in [2.45, 2.75) is 70.4 Å². The Morgan fingerprint density at radius 2 is 1.88 bits per heavy atom. The number of benzene rings is 1. The van der Waals surface area contributed by atoms with Crippen LogP contribution in [-0.4, -0.2) is 63.7 Å². The van der Waals surface area contributed by atoms with Gasteiger partial charge in [-0.2, -0.15) is 4.72 Å². The number of rotatable bonds is 8. The zero-order chi connectivity index (χ0) is 24.2. The molecule has 9 heteroatoms. The van der Waals surface area contributed by atoms with Gasteiger partial charge in [-0.3, -0.25) is 9.69 Å². The Morgan fingerprint density at radius 1 is 1.18 bits per heavy atom. The molecule has 0 aromatic heterocycles. The fourth-order valence-corrected chi connectivity index (χ4v) is 5.66. The number of piperidine rings is 1. The topological polar surface area (TPSA) is 97.0 Å². The van der Waals surface area contributed by atoms with Crippen molar-refractivity contribution in [3.63, 3.8) is 0 Å². The van der Waals surface area contributed by atoms with Crippen LogP contribution >= 0.6 is 0 Å². The van der Waals surface area contributed by atoms with Crippen LogP contribution in [0.1, 0.15) is 53.9 Å². The van der Waals surface area contributed by atoms with Crippen molar-refractivity contribution in [2.75, 3.05) is 32.8 Å². The van der Waals surface area contributed by atoms with Gasteiger partial charge in [0, 0.05) is 31.1 Å². The number of carbonyl (C=O) groups is 1. The van der Waals surface area contributed by atoms with Crippen molar-refractivity contribution >= 4 is 15.9 Å². The predicted octanol–water partition coefficient (Wildman–Crippen LogP) is 2.78. The predicted molar refractivity (Wildman–Crippen MR) is 128 cm³/mol. The lowest BCUT2D eigenvalue weighted by Gasteiger charge is -2.43. The Bertz CT molecular complexity index is 932. The van der Waals surface area contributed by atoms with Gasteiger partial charge in [0.2, 0.25) is 15.9 Å². The van der Waals surface area contributed by atoms with Crippen LogP contribution in [-0.2, 0) is 14.8 Å². The summed E-state index contributed by atoms with van der Waals surface area (Å²) in [6, 6.07) is 3.65. The molecule has 0 saturated carbocycles. The summed E-state index contributed by atoms with van der Waals surface area (Å²) in [6.45, 7) is 13.6. The van der Waals surface area contributed by atoms with Crippen molar-refractivity contribution in [3.8, 4) is 11.5 Å². The minimum absolute atomic E-state index is 0.0489. The van der Waals surface area contributed by atoms with Gasteiger partial charge in [-0.25, -0.2) is 8.42 Å². The average molecular weight is 482 g/mol. The lowest BCUT2D eigenvalue weighted by molar-refractivity contribution is -0.124. The van der Waals surface area contributed by atoms with Crippen LogP contribution in [0.4, 0.5) is 0 Å². The molecule has 2 unspecified atom stereocenters. The smallest absolute Gasteiger partial charge is 0.241 e. The Hall–Kier alpha value is -1.84. The quantitative estimate of drug-likeness (QED) is 0.593. The molecule has 2 atom stereocenters. The highest BCUT2D eigenvalue weighted by Gasteiger charge is 2.33. The second kappa shape index (κ2) is 10.6. The number of carbonyl (C=O) groups excluding carboxylic acids is 1. The minimum Gasteiger partial charge on any atom is -0.490 e. The molecule has 186 valence electrons. The molecule has 2 aliphatic rings. The summed E-state index contributed by atoms with van der Waals surface area (Å²) in [5.74, 6) is 1.02. The number of hydrogen-bond donors (Lipinski definition) is 2. The van der Waals surface area contributed by atoms with Crippen LogP contribution in [0.15, 0.2) is 23.1 Å². The average Bonchev–Trinajstić information content (AvgIpc) is 3.00. The minimum atomic E-state index is -3.93. The molecule has 1 aromatic carbocycles. The van der Waals surface area contributed by atoms with E-state index in [4.69, 9.17) is 9.47 Å². The normalized spacial score (nSPS) is 20.8. The summed E-state index contributed by atoms with van der Waals surface area (Å²) in [6.07, 6.45) is 3.12. The maximum atomic E-state index is 13.1. The first kappa shape index (κ1) is 25.8. The largest absolute Gasteiger partial charge is 0.490 e. The van der Waals surface area contributed by atoms with Crippen molar-refractivity contribution in [2.24, 2.45) is 11.8 Å². The molecule has 2 N–H and O–H groups in total. The molecule has 0 spiro atoms. The lowest BCUT2D eigenvalue weighted by atomic mass is 9.93. The first-order valence-corrected chi connectivity index (χ1v) is 13.4. The summed E-state index contributed by atoms with van der Waals surface area (Å²) in [5.41, 5.74) is -0.209. The van der Waals surface area contributed by atoms with Crippen LogP contribution in [0.3, 0.4) is 0 Å². The summed E-state index contributed by atoms with van der Waals surface area (Å²) in [5, 5.41) is 3.00. The number of hydrogen-bond acceptors (Lipinski definition) is 6. The molecule has 33 heavy (non-hydrogen) atoms. The molecule has 1 aromatic rings. The van der Waals surface area contributed by atoms with Gasteiger partial charge in [0.05, 0.1) is 18.1 Å². The van der Waals surface area contributed by atoms with E-state index in [0.29, 0.717) is 37.2 Å². The Labute approximate surface area is 198 Å². The van der Waals surface area contributed by atoms with Crippen LogP contribution in [0.25, 0.3) is 0 Å². The van der Waals surface area contributed by atoms with Gasteiger partial charge >= 0.3 is 0 Å². The van der Waals surface area contributed by atoms with Crippen molar-refractivity contribution in [1.29, 1.82) is 0 Å². The Balaban J connectivity index is 1.68. The number of ether oxygens (including phenoxy) is 2. The standard InChI is InChI=1S/C24H39N3O5S/c1-17(2)22(23(28)25-16-24(4,5)27-11-6-8-18(3)15-27)26-33(29,30)19-9-10-20-21(14-19)32-13-7-12-31-20/h9-10,14,17-18,22,26H,6-8,11-13,15-16H2,1-5H3,(H,25,28). The van der Waals surface area contributed by atoms with Gasteiger partial charge < -0.3 is 14.8 Å². The van der Waals surface area contributed by atoms with Gasteiger partial charge in [-0.05, 0) is 57.2 Å². The molecule has 0 radical (unpaired) electrons. The van der Waals surface area contributed by atoms with Crippen molar-refractivity contribution < 1.29 is 22.7 Å². The maximum absolute atomic E-state index is 13.1. The zero-order valence-corrected chi connectivity index (χ0v) is 21.3. The highest BCUT2D eigenvalue weighted by molar-refractivity contribution is 7.89. The Kier molecular flexibility index (Phi) is 8.29. The number of likely N-dealkylation sites (tertiary alicyclic amines) is 1. The fourth-order valence-electron chi connectivity index (χ4n) is 4.30. The molecule has 2 heterocycles. The van der Waals surface area contributed by atoms with Gasteiger partial charge in [0.25, 0.3) is 0 Å². The highest BCUT2D eigenvalue weighted by atomic mass is 32.2. The van der Waals surface area contributed by atoms with E-state index in [1.165, 1.54) is 18.6 Å². The number of sulfonamides is 1. The molecule has 1 fully saturated rings. The number of nitrogens with zero attached hydrogens (tertiary/aromatic N) is 1. The third-order valence-corrected chi connectivity index (χ3v) is 7.91. The summed E-state index contributed by atoms with van der Waals surface area (Å²) >= 11 is 0. The fraction of sp³-hybridized carbons (Fsp3) is 0.708. The third kappa shape index (κ3) is 6.61. The summed E-state index contributed by atoms with van der Waals surface area (Å²) in [4.78, 5) is 15.5. The van der Waals surface area contributed by atoms with Gasteiger partial charge in [0.1, 0.15) is 6.04 Å². The molecule has 0 aliphatic carbocycles. The second-order valence-corrected chi connectivity index (χ2v) is 11.9. The summed E-state index contributed by atoms with van der Waals surface area (Å²) in [7, 11) is -3.93. The van der Waals surface area contributed by atoms with Crippen LogP contribution in [0.2, 0.25) is 0 Å². The van der Waals surface area contributed by atoms with Crippen LogP contribution in [0, 0.1) is 11.8 Å². The van der Waals surface area contributed by atoms with E-state index in [0.717, 1.165) is 25.9 Å². The van der Waals surface area contributed by atoms with E-state index in [1.54, 1.807) is 6.07 Å². The van der Waals surface area contributed by atoms with Gasteiger partial charge in [-0.1, -0.05) is 20.8 Å². The highest BCUT2D eigenvalue weighted by Crippen LogP contribution is 2.32. The first-order valence-electron chi connectivity index (χ1n) is 11.9. The molecule has 1 saturated heterocycles. The van der Waals surface area contributed by atoms with E-state index >= 15 is 0 Å². The molecular weight excluding hydrogens is 442 g/mol. The number of fused-ring (bicyclic) bond motifs is 1. The first-order chi connectivity index (χ1) is 15.5. The van der Waals surface area contributed by atoms with E-state index in [-0.39, 0.29) is 22.3 Å². The SMILES string of the molecule is CC1CCCN(C(C)(C)CNC(=O)C(NS(=O)(=O)c2ccc3c(c2)OCCCO3)C(C)C)C1. The monoisotopic (exact) mass is 481 g/mol. The van der Waals surface area contributed by atoms with E-state index in [2.05, 4.69) is 35.7 Å². The van der Waals surface area contributed by atoms with E-state index in [9.17, 15) is 13.2 Å². The number of nitrogens with one attached hydrogen (secondary N) is 2.